The molecule has 3 aromatic heterocycles. The molecule has 296 valence electrons. The zero-order valence-electron chi connectivity index (χ0n) is 34.8. The lowest BCUT2D eigenvalue weighted by Crippen LogP contribution is -2.30. The van der Waals surface area contributed by atoms with Crippen molar-refractivity contribution >= 4 is 32.8 Å². The van der Waals surface area contributed by atoms with Gasteiger partial charge in [0.15, 0.2) is 0 Å². The van der Waals surface area contributed by atoms with Crippen molar-refractivity contribution in [2.45, 2.75) is 51.9 Å². The van der Waals surface area contributed by atoms with Crippen molar-refractivity contribution in [1.29, 1.82) is 0 Å². The van der Waals surface area contributed by atoms with Crippen LogP contribution in [0.2, 0.25) is 0 Å². The maximum Gasteiger partial charge on any atom is 0.269 e. The number of benzene rings is 7. The summed E-state index contributed by atoms with van der Waals surface area (Å²) in [6, 6.07) is 61.2. The van der Waals surface area contributed by atoms with Gasteiger partial charge in [-0.3, -0.25) is 13.7 Å². The molecule has 0 spiro atoms. The second kappa shape index (κ2) is 14.8. The highest BCUT2D eigenvalue weighted by atomic mass is 16.5. The Labute approximate surface area is 356 Å². The fourth-order valence-electron chi connectivity index (χ4n) is 9.11. The Morgan fingerprint density at radius 3 is 2.11 bits per heavy atom. The molecule has 4 aliphatic carbocycles. The van der Waals surface area contributed by atoms with Crippen LogP contribution in [0.15, 0.2) is 176 Å². The molecule has 10 aromatic rings. The van der Waals surface area contributed by atoms with E-state index in [0.29, 0.717) is 0 Å². The first-order valence-corrected chi connectivity index (χ1v) is 21.4. The number of aromatic nitrogens is 4. The molecule has 0 saturated heterocycles. The number of fused-ring (bicyclic) bond motifs is 4. The number of aryl methyl sites for hydroxylation is 4. The molecule has 0 N–H and O–H groups in total. The van der Waals surface area contributed by atoms with Crippen molar-refractivity contribution in [1.82, 2.24) is 14.1 Å². The predicted octanol–water partition coefficient (Wildman–Crippen LogP) is 12.8. The molecule has 0 aliphatic heterocycles. The molecular weight excluding hydrogens is 745 g/mol. The molecular formula is C56H46N4O. The summed E-state index contributed by atoms with van der Waals surface area (Å²) in [5.41, 5.74) is 15.6. The molecule has 0 atom stereocenters. The Kier molecular flexibility index (Phi) is 8.93. The third-order valence-electron chi connectivity index (χ3n) is 12.4. The number of ether oxygens (including phenoxy) is 1. The second-order valence-corrected chi connectivity index (χ2v) is 17.4. The Morgan fingerprint density at radius 1 is 0.557 bits per heavy atom. The fraction of sp³-hybridized carbons (Fsp3) is 0.143. The smallest absolute Gasteiger partial charge is 0.269 e. The number of nitrogens with zero attached hydrogens (tertiary/aromatic N) is 4. The van der Waals surface area contributed by atoms with Crippen molar-refractivity contribution in [3.8, 4) is 39.8 Å². The Bertz CT molecular complexity index is 3270. The van der Waals surface area contributed by atoms with Crippen LogP contribution < -0.4 is 9.30 Å². The summed E-state index contributed by atoms with van der Waals surface area (Å²) in [6.45, 7) is 6.72. The minimum absolute atomic E-state index is 0.00487. The van der Waals surface area contributed by atoms with Gasteiger partial charge in [0.25, 0.3) is 6.33 Å². The number of hydrogen-bond donors (Lipinski definition) is 0. The average molecular weight is 791 g/mol. The summed E-state index contributed by atoms with van der Waals surface area (Å²) in [5.74, 6) is 2.40. The average Bonchev–Trinajstić information content (AvgIpc) is 3.83. The van der Waals surface area contributed by atoms with Crippen molar-refractivity contribution in [2.24, 2.45) is 0 Å². The highest BCUT2D eigenvalue weighted by Crippen LogP contribution is 2.37. The van der Waals surface area contributed by atoms with Crippen molar-refractivity contribution in [3.63, 3.8) is 0 Å². The molecule has 7 aromatic carbocycles. The van der Waals surface area contributed by atoms with Gasteiger partial charge >= 0.3 is 0 Å². The molecule has 3 heterocycles. The minimum atomic E-state index is -0.00487. The van der Waals surface area contributed by atoms with Gasteiger partial charge < -0.3 is 4.74 Å². The number of pyridine rings is 1. The van der Waals surface area contributed by atoms with Crippen LogP contribution >= 0.6 is 0 Å². The summed E-state index contributed by atoms with van der Waals surface area (Å²) < 4.78 is 13.4. The Hall–Kier alpha value is -7.24. The van der Waals surface area contributed by atoms with Gasteiger partial charge in [-0.1, -0.05) is 130 Å². The van der Waals surface area contributed by atoms with Crippen LogP contribution in [0.1, 0.15) is 48.6 Å². The molecule has 14 rings (SSSR count). The monoisotopic (exact) mass is 790 g/mol. The molecule has 61 heavy (non-hydrogen) atoms. The van der Waals surface area contributed by atoms with E-state index in [1.54, 1.807) is 0 Å². The van der Waals surface area contributed by atoms with E-state index in [0.717, 1.165) is 81.8 Å². The topological polar surface area (TPSA) is 35.9 Å². The molecule has 5 heteroatoms. The van der Waals surface area contributed by atoms with Crippen molar-refractivity contribution in [2.75, 3.05) is 0 Å². The van der Waals surface area contributed by atoms with E-state index < -0.39 is 0 Å². The molecule has 0 fully saturated rings. The maximum absolute atomic E-state index is 6.72. The van der Waals surface area contributed by atoms with E-state index in [1.165, 1.54) is 44.3 Å². The zero-order valence-corrected chi connectivity index (χ0v) is 34.8. The first-order valence-electron chi connectivity index (χ1n) is 21.4. The zero-order chi connectivity index (χ0) is 41.1. The van der Waals surface area contributed by atoms with Crippen LogP contribution in [0.4, 0.5) is 0 Å². The SMILES string of the molecule is CC(C)(C)c1ccnc(-n2c3ccccc3c3ccc(Oc4cccc(-n5[c-][n+](-c6ccccc6-c6cc7ccc6CCc6ccc(cc6)CC7)c6ccccc65)c4)cc32)c1. The van der Waals surface area contributed by atoms with Crippen molar-refractivity contribution < 1.29 is 9.30 Å². The standard InChI is InChI=1S/C56H46N4O/c1-56(2,3)42-31-32-57-55(34-42)60-51-16-7-5-13-46(51)48-30-29-45(36-54(48)60)61-44-12-10-11-43(35-44)58-37-59(53-18-9-8-17-52(53)58)50-15-6-4-14-47(50)49-33-40-24-23-38-19-21-39(22-20-38)25-27-41(49)28-26-40/h4-22,26,28-36H,23-25,27H2,1-3H3. The quantitative estimate of drug-likeness (QED) is 0.124. The Balaban J connectivity index is 0.972. The normalized spacial score (nSPS) is 12.9. The van der Waals surface area contributed by atoms with E-state index in [4.69, 9.17) is 9.72 Å². The molecule has 4 aliphatic rings. The van der Waals surface area contributed by atoms with Gasteiger partial charge in [0, 0.05) is 23.0 Å². The van der Waals surface area contributed by atoms with Gasteiger partial charge in [-0.05, 0) is 125 Å². The van der Waals surface area contributed by atoms with Crippen LogP contribution in [0.5, 0.6) is 11.5 Å². The van der Waals surface area contributed by atoms with Gasteiger partial charge in [-0.15, -0.1) is 0 Å². The van der Waals surface area contributed by atoms with Gasteiger partial charge in [0.05, 0.1) is 33.4 Å². The van der Waals surface area contributed by atoms with Gasteiger partial charge in [-0.2, -0.15) is 0 Å². The summed E-state index contributed by atoms with van der Waals surface area (Å²) in [7, 11) is 0. The molecule has 4 bridgehead atoms. The van der Waals surface area contributed by atoms with Gasteiger partial charge in [-0.25, -0.2) is 4.98 Å². The lowest BCUT2D eigenvalue weighted by Gasteiger charge is -2.20. The van der Waals surface area contributed by atoms with Crippen LogP contribution in [-0.2, 0) is 31.1 Å². The third kappa shape index (κ3) is 6.76. The molecule has 0 radical (unpaired) electrons. The van der Waals surface area contributed by atoms with Crippen LogP contribution in [0, 0.1) is 6.33 Å². The Morgan fingerprint density at radius 2 is 1.26 bits per heavy atom. The highest BCUT2D eigenvalue weighted by molar-refractivity contribution is 6.09. The summed E-state index contributed by atoms with van der Waals surface area (Å²) >= 11 is 0. The first kappa shape index (κ1) is 36.8. The number of rotatable bonds is 6. The minimum Gasteiger partial charge on any atom is -0.458 e. The van der Waals surface area contributed by atoms with E-state index in [9.17, 15) is 0 Å². The molecule has 0 saturated carbocycles. The fourth-order valence-corrected chi connectivity index (χ4v) is 9.11. The number of imidazole rings is 1. The summed E-state index contributed by atoms with van der Waals surface area (Å²) in [4.78, 5) is 4.87. The van der Waals surface area contributed by atoms with Gasteiger partial charge in [0.1, 0.15) is 17.3 Å². The molecule has 0 unspecified atom stereocenters. The number of para-hydroxylation sites is 4. The van der Waals surface area contributed by atoms with Crippen LogP contribution in [-0.4, -0.2) is 14.1 Å². The van der Waals surface area contributed by atoms with E-state index in [1.807, 2.05) is 12.3 Å². The van der Waals surface area contributed by atoms with Gasteiger partial charge in [0.2, 0.25) is 0 Å². The third-order valence-corrected chi connectivity index (χ3v) is 12.4. The number of hydrogen-bond acceptors (Lipinski definition) is 2. The van der Waals surface area contributed by atoms with E-state index in [-0.39, 0.29) is 5.41 Å². The molecule has 0 amide bonds. The molecule has 5 nitrogen and oxygen atoms in total. The highest BCUT2D eigenvalue weighted by Gasteiger charge is 2.20. The van der Waals surface area contributed by atoms with E-state index in [2.05, 4.69) is 205 Å². The maximum atomic E-state index is 6.72. The lowest BCUT2D eigenvalue weighted by atomic mass is 9.88. The largest absolute Gasteiger partial charge is 0.458 e. The first-order chi connectivity index (χ1) is 29.8. The van der Waals surface area contributed by atoms with Crippen molar-refractivity contribution in [3.05, 3.63) is 210 Å². The summed E-state index contributed by atoms with van der Waals surface area (Å²) in [5, 5.41) is 2.34. The van der Waals surface area contributed by atoms with Crippen LogP contribution in [0.3, 0.4) is 0 Å². The van der Waals surface area contributed by atoms with Crippen LogP contribution in [0.25, 0.3) is 61.2 Å². The summed E-state index contributed by atoms with van der Waals surface area (Å²) in [6.07, 6.45) is 9.72. The predicted molar refractivity (Wildman–Crippen MR) is 248 cm³/mol. The van der Waals surface area contributed by atoms with E-state index >= 15 is 0 Å². The second-order valence-electron chi connectivity index (χ2n) is 17.4. The lowest BCUT2D eigenvalue weighted by molar-refractivity contribution is -0.571.